The maximum Gasteiger partial charge on any atom is 0.433 e. The van der Waals surface area contributed by atoms with E-state index in [2.05, 4.69) is 25.8 Å². The van der Waals surface area contributed by atoms with E-state index < -0.39 is 29.7 Å². The number of likely N-dealkylation sites (tertiary alicyclic amines) is 1. The molecule has 2 aliphatic heterocycles. The van der Waals surface area contributed by atoms with Crippen LogP contribution in [-0.2, 0) is 15.8 Å². The molecule has 4 aromatic rings. The smallest absolute Gasteiger partial charge is 0.433 e. The average molecular weight is 764 g/mol. The third-order valence-electron chi connectivity index (χ3n) is 10.9. The summed E-state index contributed by atoms with van der Waals surface area (Å²) in [6.45, 7) is 6.43. The van der Waals surface area contributed by atoms with E-state index in [0.717, 1.165) is 76.0 Å². The number of anilines is 2. The molecule has 1 aliphatic carbocycles. The van der Waals surface area contributed by atoms with Crippen molar-refractivity contribution in [1.82, 2.24) is 24.6 Å². The second-order valence-corrected chi connectivity index (χ2v) is 15.2. The highest BCUT2D eigenvalue weighted by atomic mass is 19.4. The Morgan fingerprint density at radius 1 is 0.945 bits per heavy atom. The predicted molar refractivity (Wildman–Crippen MR) is 197 cm³/mol. The first kappa shape index (κ1) is 38.2. The fourth-order valence-corrected chi connectivity index (χ4v) is 8.01. The van der Waals surface area contributed by atoms with Gasteiger partial charge in [0.25, 0.3) is 5.91 Å². The van der Waals surface area contributed by atoms with Gasteiger partial charge in [0.1, 0.15) is 40.3 Å². The van der Waals surface area contributed by atoms with E-state index in [1.165, 1.54) is 6.07 Å². The monoisotopic (exact) mass is 763 g/mol. The highest BCUT2D eigenvalue weighted by molar-refractivity contribution is 6.04. The Balaban J connectivity index is 0.936. The van der Waals surface area contributed by atoms with Crippen molar-refractivity contribution in [3.05, 3.63) is 83.3 Å². The molecule has 0 bridgehead atoms. The zero-order valence-corrected chi connectivity index (χ0v) is 30.8. The number of aromatic nitrogens is 3. The van der Waals surface area contributed by atoms with Crippen LogP contribution in [0.2, 0.25) is 0 Å². The van der Waals surface area contributed by atoms with Gasteiger partial charge in [-0.25, -0.2) is 14.4 Å². The quantitative estimate of drug-likeness (QED) is 0.113. The van der Waals surface area contributed by atoms with Crippen LogP contribution in [0, 0.1) is 11.7 Å². The summed E-state index contributed by atoms with van der Waals surface area (Å²) in [6.07, 6.45) is 4.99. The van der Waals surface area contributed by atoms with Crippen LogP contribution in [0.5, 0.6) is 5.75 Å². The summed E-state index contributed by atoms with van der Waals surface area (Å²) in [6, 6.07) is 9.57. The van der Waals surface area contributed by atoms with E-state index in [0.29, 0.717) is 40.7 Å². The van der Waals surface area contributed by atoms with Crippen molar-refractivity contribution in [1.29, 1.82) is 0 Å². The second-order valence-electron chi connectivity index (χ2n) is 15.2. The number of benzene rings is 1. The van der Waals surface area contributed by atoms with Gasteiger partial charge in [0.2, 0.25) is 11.8 Å². The number of carbonyl (C=O) groups is 3. The van der Waals surface area contributed by atoms with Gasteiger partial charge in [-0.05, 0) is 107 Å². The lowest BCUT2D eigenvalue weighted by molar-refractivity contribution is -0.141. The van der Waals surface area contributed by atoms with E-state index in [4.69, 9.17) is 9.72 Å². The van der Waals surface area contributed by atoms with Crippen molar-refractivity contribution >= 4 is 34.7 Å². The maximum absolute atomic E-state index is 15.6. The molecule has 3 aliphatic rings. The van der Waals surface area contributed by atoms with Crippen molar-refractivity contribution in [3.63, 3.8) is 0 Å². The normalized spacial score (nSPS) is 21.5. The Morgan fingerprint density at radius 2 is 1.69 bits per heavy atom. The van der Waals surface area contributed by atoms with Gasteiger partial charge in [-0.15, -0.1) is 0 Å². The molecule has 55 heavy (non-hydrogen) atoms. The Hall–Kier alpha value is -5.05. The first-order valence-corrected chi connectivity index (χ1v) is 19.0. The lowest BCUT2D eigenvalue weighted by Gasteiger charge is -2.36. The van der Waals surface area contributed by atoms with Crippen LogP contribution in [0.4, 0.5) is 28.9 Å². The number of fused-ring (bicyclic) bond motifs is 1. The number of imidazole rings is 1. The summed E-state index contributed by atoms with van der Waals surface area (Å²) in [7, 11) is 0. The Kier molecular flexibility index (Phi) is 11.1. The predicted octanol–water partition coefficient (Wildman–Crippen LogP) is 7.30. The number of piperidine rings is 2. The summed E-state index contributed by atoms with van der Waals surface area (Å²) in [5.41, 5.74) is 1.31. The van der Waals surface area contributed by atoms with Gasteiger partial charge in [-0.2, -0.15) is 13.2 Å². The van der Waals surface area contributed by atoms with Crippen LogP contribution in [0.1, 0.15) is 104 Å². The van der Waals surface area contributed by atoms with Crippen LogP contribution in [-0.4, -0.2) is 68.8 Å². The molecular formula is C40H45F4N7O4. The van der Waals surface area contributed by atoms with E-state index in [9.17, 15) is 27.6 Å². The Labute approximate surface area is 316 Å². The number of alkyl halides is 3. The van der Waals surface area contributed by atoms with E-state index in [-0.39, 0.29) is 41.8 Å². The van der Waals surface area contributed by atoms with Crippen molar-refractivity contribution in [2.24, 2.45) is 5.92 Å². The molecular weight excluding hydrogens is 718 g/mol. The topological polar surface area (TPSA) is 130 Å². The van der Waals surface area contributed by atoms with Gasteiger partial charge in [0.05, 0.1) is 17.5 Å². The zero-order chi connectivity index (χ0) is 38.9. The molecule has 3 amide bonds. The van der Waals surface area contributed by atoms with E-state index in [1.807, 2.05) is 32.2 Å². The number of nitrogens with zero attached hydrogens (tertiary/aromatic N) is 4. The third-order valence-corrected chi connectivity index (χ3v) is 10.9. The number of hydrogen-bond donors (Lipinski definition) is 3. The minimum Gasteiger partial charge on any atom is -0.489 e. The van der Waals surface area contributed by atoms with Gasteiger partial charge < -0.3 is 24.7 Å². The molecule has 3 N–H and O–H groups in total. The number of pyridine rings is 2. The van der Waals surface area contributed by atoms with Crippen molar-refractivity contribution in [2.45, 2.75) is 95.4 Å². The van der Waals surface area contributed by atoms with E-state index >= 15 is 4.39 Å². The molecule has 1 unspecified atom stereocenters. The standard InChI is InChI=1S/C40H45F4N7O4/c1-23(2)55-33-19-35-47-31(21-51(35)22-32(33)48-38(53)29-7-4-8-34(46-29)40(42,43)44)26-11-9-24(10-12-26)20-50-17-15-25(16-18-50)27-5-3-6-28(37(27)41)45-30-13-14-36(52)49-39(30)54/h3-8,19,21-26,30,45H,9-18,20H2,1-2H3,(H,48,53)(H,49,52,54)/t24-,26-,30?. The molecule has 0 spiro atoms. The van der Waals surface area contributed by atoms with Gasteiger partial charge in [0.15, 0.2) is 0 Å². The molecule has 1 saturated carbocycles. The van der Waals surface area contributed by atoms with Crippen LogP contribution in [0.25, 0.3) is 5.65 Å². The lowest BCUT2D eigenvalue weighted by Crippen LogP contribution is -2.47. The number of imide groups is 1. The average Bonchev–Trinajstić information content (AvgIpc) is 3.56. The third kappa shape index (κ3) is 8.93. The summed E-state index contributed by atoms with van der Waals surface area (Å²) < 4.78 is 63.1. The van der Waals surface area contributed by atoms with E-state index in [1.54, 1.807) is 22.7 Å². The lowest BCUT2D eigenvalue weighted by atomic mass is 9.80. The molecule has 7 rings (SSSR count). The summed E-state index contributed by atoms with van der Waals surface area (Å²) in [5.74, 6) is -0.611. The van der Waals surface area contributed by atoms with Gasteiger partial charge in [-0.3, -0.25) is 19.7 Å². The van der Waals surface area contributed by atoms with Crippen LogP contribution >= 0.6 is 0 Å². The molecule has 0 radical (unpaired) electrons. The van der Waals surface area contributed by atoms with Gasteiger partial charge >= 0.3 is 6.18 Å². The number of carbonyl (C=O) groups excluding carboxylic acids is 3. The van der Waals surface area contributed by atoms with Gasteiger partial charge in [0, 0.05) is 37.3 Å². The molecule has 292 valence electrons. The number of ether oxygens (including phenoxy) is 1. The molecule has 15 heteroatoms. The fraction of sp³-hybridized carbons (Fsp3) is 0.475. The molecule has 1 atom stereocenters. The SMILES string of the molecule is CC(C)Oc1cc2nc([C@H]3CC[C@H](CN4CCC(c5cccc(NC6CCC(=O)NC6=O)c5F)CC4)CC3)cn2cc1NC(=O)c1cccc(C(F)(F)F)n1. The molecule has 2 saturated heterocycles. The summed E-state index contributed by atoms with van der Waals surface area (Å²) in [5, 5.41) is 8.00. The minimum atomic E-state index is -4.68. The van der Waals surface area contributed by atoms with Crippen molar-refractivity contribution in [2.75, 3.05) is 30.3 Å². The fourth-order valence-electron chi connectivity index (χ4n) is 8.01. The maximum atomic E-state index is 15.6. The van der Waals surface area contributed by atoms with Gasteiger partial charge in [-0.1, -0.05) is 18.2 Å². The number of nitrogens with one attached hydrogen (secondary N) is 3. The van der Waals surface area contributed by atoms with Crippen LogP contribution in [0.15, 0.2) is 54.9 Å². The molecule has 3 fully saturated rings. The first-order valence-electron chi connectivity index (χ1n) is 19.0. The largest absolute Gasteiger partial charge is 0.489 e. The summed E-state index contributed by atoms with van der Waals surface area (Å²) in [4.78, 5) is 47.6. The first-order chi connectivity index (χ1) is 26.3. The number of amides is 3. The number of rotatable bonds is 10. The Morgan fingerprint density at radius 3 is 2.40 bits per heavy atom. The molecule has 11 nitrogen and oxygen atoms in total. The zero-order valence-electron chi connectivity index (χ0n) is 30.8. The Bertz CT molecular complexity index is 2050. The molecule has 5 heterocycles. The molecule has 3 aromatic heterocycles. The summed E-state index contributed by atoms with van der Waals surface area (Å²) >= 11 is 0. The number of hydrogen-bond acceptors (Lipinski definition) is 8. The highest BCUT2D eigenvalue weighted by Gasteiger charge is 2.34. The van der Waals surface area contributed by atoms with Crippen LogP contribution in [0.3, 0.4) is 0 Å². The number of halogens is 4. The highest BCUT2D eigenvalue weighted by Crippen LogP contribution is 2.39. The minimum absolute atomic E-state index is 0.0862. The van der Waals surface area contributed by atoms with Crippen molar-refractivity contribution < 1.29 is 36.7 Å². The second kappa shape index (κ2) is 16.0. The van der Waals surface area contributed by atoms with Crippen molar-refractivity contribution in [3.8, 4) is 5.75 Å². The van der Waals surface area contributed by atoms with Crippen LogP contribution < -0.4 is 20.7 Å². The molecule has 1 aromatic carbocycles.